The predicted molar refractivity (Wildman–Crippen MR) is 60.7 cm³/mol. The van der Waals surface area contributed by atoms with Crippen LogP contribution in [0.3, 0.4) is 0 Å². The average molecular weight is 213 g/mol. The van der Waals surface area contributed by atoms with Gasteiger partial charge in [0.2, 0.25) is 0 Å². The van der Waals surface area contributed by atoms with E-state index in [2.05, 4.69) is 17.0 Å². The number of hydrogen-bond acceptors (Lipinski definition) is 3. The number of carbonyl (C=O) groups excluding carboxylic acids is 1. The Hall–Kier alpha value is -0.570. The van der Waals surface area contributed by atoms with E-state index in [9.17, 15) is 4.79 Å². The average Bonchev–Trinajstić information content (AvgIpc) is 2.64. The largest absolute Gasteiger partial charge is 0.469 e. The van der Waals surface area contributed by atoms with Crippen LogP contribution in [0.2, 0.25) is 0 Å². The van der Waals surface area contributed by atoms with E-state index in [4.69, 9.17) is 0 Å². The quantitative estimate of drug-likeness (QED) is 0.542. The van der Waals surface area contributed by atoms with Crippen LogP contribution in [-0.2, 0) is 9.53 Å². The summed E-state index contributed by atoms with van der Waals surface area (Å²) in [6, 6.07) is 0. The summed E-state index contributed by atoms with van der Waals surface area (Å²) in [4.78, 5) is 10.8. The van der Waals surface area contributed by atoms with Crippen molar-refractivity contribution in [2.75, 3.05) is 20.2 Å². The van der Waals surface area contributed by atoms with Crippen LogP contribution >= 0.6 is 0 Å². The molecule has 15 heavy (non-hydrogen) atoms. The molecular weight excluding hydrogens is 190 g/mol. The van der Waals surface area contributed by atoms with Crippen LogP contribution in [0.15, 0.2) is 0 Å². The molecule has 88 valence electrons. The van der Waals surface area contributed by atoms with Crippen LogP contribution in [0.4, 0.5) is 0 Å². The van der Waals surface area contributed by atoms with Crippen LogP contribution in [0.5, 0.6) is 0 Å². The fourth-order valence-electron chi connectivity index (χ4n) is 2.26. The highest BCUT2D eigenvalue weighted by Crippen LogP contribution is 2.36. The lowest BCUT2D eigenvalue weighted by Gasteiger charge is -2.23. The summed E-state index contributed by atoms with van der Waals surface area (Å²) in [6.07, 6.45) is 6.84. The normalized spacial score (nSPS) is 19.1. The van der Waals surface area contributed by atoms with Crippen LogP contribution in [0.25, 0.3) is 0 Å². The molecule has 1 aliphatic carbocycles. The van der Waals surface area contributed by atoms with E-state index in [0.717, 1.165) is 19.5 Å². The van der Waals surface area contributed by atoms with Crippen molar-refractivity contribution in [2.45, 2.75) is 45.4 Å². The van der Waals surface area contributed by atoms with Gasteiger partial charge in [-0.25, -0.2) is 0 Å². The lowest BCUT2D eigenvalue weighted by molar-refractivity contribution is -0.140. The number of rotatable bonds is 6. The number of carbonyl (C=O) groups is 1. The Balaban J connectivity index is 1.99. The van der Waals surface area contributed by atoms with Gasteiger partial charge in [0, 0.05) is 13.0 Å². The maximum Gasteiger partial charge on any atom is 0.305 e. The van der Waals surface area contributed by atoms with E-state index < -0.39 is 0 Å². The van der Waals surface area contributed by atoms with Crippen molar-refractivity contribution in [2.24, 2.45) is 5.41 Å². The Morgan fingerprint density at radius 2 is 2.07 bits per heavy atom. The zero-order chi connectivity index (χ0) is 11.1. The third kappa shape index (κ3) is 4.65. The second kappa shape index (κ2) is 6.11. The van der Waals surface area contributed by atoms with Gasteiger partial charge in [0.15, 0.2) is 0 Å². The zero-order valence-corrected chi connectivity index (χ0v) is 9.97. The van der Waals surface area contributed by atoms with Gasteiger partial charge < -0.3 is 10.1 Å². The first-order valence-corrected chi connectivity index (χ1v) is 5.94. The van der Waals surface area contributed by atoms with Crippen molar-refractivity contribution in [1.29, 1.82) is 0 Å². The first kappa shape index (κ1) is 12.5. The minimum Gasteiger partial charge on any atom is -0.469 e. The smallest absolute Gasteiger partial charge is 0.305 e. The summed E-state index contributed by atoms with van der Waals surface area (Å²) in [5, 5.41) is 3.44. The molecule has 1 N–H and O–H groups in total. The number of methoxy groups -OCH3 is 1. The summed E-state index contributed by atoms with van der Waals surface area (Å²) in [5.41, 5.74) is 0.505. The van der Waals surface area contributed by atoms with Gasteiger partial charge >= 0.3 is 5.97 Å². The lowest BCUT2D eigenvalue weighted by Crippen LogP contribution is -2.30. The van der Waals surface area contributed by atoms with Crippen molar-refractivity contribution >= 4 is 5.97 Å². The number of esters is 1. The summed E-state index contributed by atoms with van der Waals surface area (Å²) in [7, 11) is 1.44. The van der Waals surface area contributed by atoms with Crippen LogP contribution < -0.4 is 5.32 Å². The Morgan fingerprint density at radius 3 is 2.67 bits per heavy atom. The monoisotopic (exact) mass is 213 g/mol. The van der Waals surface area contributed by atoms with Gasteiger partial charge in [-0.15, -0.1) is 0 Å². The van der Waals surface area contributed by atoms with Crippen molar-refractivity contribution < 1.29 is 9.53 Å². The standard InChI is InChI=1S/C12H23NO2/c1-12(7-3-4-8-12)10-13-9-5-6-11(14)15-2/h13H,3-10H2,1-2H3. The molecule has 0 aromatic heterocycles. The molecule has 0 radical (unpaired) electrons. The van der Waals surface area contributed by atoms with Gasteiger partial charge in [-0.2, -0.15) is 0 Å². The Morgan fingerprint density at radius 1 is 1.40 bits per heavy atom. The Kier molecular flexibility index (Phi) is 5.09. The fourth-order valence-corrected chi connectivity index (χ4v) is 2.26. The topological polar surface area (TPSA) is 38.3 Å². The van der Waals surface area contributed by atoms with Crippen molar-refractivity contribution in [1.82, 2.24) is 5.32 Å². The first-order chi connectivity index (χ1) is 7.16. The number of nitrogens with one attached hydrogen (secondary N) is 1. The molecule has 0 unspecified atom stereocenters. The van der Waals surface area contributed by atoms with E-state index in [1.165, 1.54) is 32.8 Å². The molecule has 1 aliphatic rings. The van der Waals surface area contributed by atoms with Crippen LogP contribution in [0.1, 0.15) is 45.4 Å². The lowest BCUT2D eigenvalue weighted by atomic mass is 9.89. The third-order valence-electron chi connectivity index (χ3n) is 3.32. The molecule has 0 aliphatic heterocycles. The van der Waals surface area contributed by atoms with Crippen molar-refractivity contribution in [3.63, 3.8) is 0 Å². The van der Waals surface area contributed by atoms with Gasteiger partial charge in [0.05, 0.1) is 7.11 Å². The third-order valence-corrected chi connectivity index (χ3v) is 3.32. The summed E-state index contributed by atoms with van der Waals surface area (Å²) < 4.78 is 4.58. The van der Waals surface area contributed by atoms with Crippen LogP contribution in [0, 0.1) is 5.41 Å². The van der Waals surface area contributed by atoms with E-state index in [1.807, 2.05) is 0 Å². The van der Waals surface area contributed by atoms with Gasteiger partial charge in [-0.3, -0.25) is 4.79 Å². The zero-order valence-electron chi connectivity index (χ0n) is 9.97. The second-order valence-electron chi connectivity index (χ2n) is 4.87. The minimum atomic E-state index is -0.108. The highest BCUT2D eigenvalue weighted by molar-refractivity contribution is 5.69. The van der Waals surface area contributed by atoms with Crippen molar-refractivity contribution in [3.05, 3.63) is 0 Å². The van der Waals surface area contributed by atoms with Gasteiger partial charge in [0.1, 0.15) is 0 Å². The van der Waals surface area contributed by atoms with Crippen molar-refractivity contribution in [3.8, 4) is 0 Å². The SMILES string of the molecule is COC(=O)CCCNCC1(C)CCCC1. The molecule has 3 heteroatoms. The van der Waals surface area contributed by atoms with Gasteiger partial charge in [-0.1, -0.05) is 19.8 Å². The highest BCUT2D eigenvalue weighted by atomic mass is 16.5. The highest BCUT2D eigenvalue weighted by Gasteiger charge is 2.27. The molecule has 0 bridgehead atoms. The summed E-state index contributed by atoms with van der Waals surface area (Å²) in [5.74, 6) is -0.108. The molecule has 1 saturated carbocycles. The second-order valence-corrected chi connectivity index (χ2v) is 4.87. The molecule has 0 aromatic rings. The first-order valence-electron chi connectivity index (χ1n) is 5.94. The maximum atomic E-state index is 10.8. The summed E-state index contributed by atoms with van der Waals surface area (Å²) in [6.45, 7) is 4.37. The number of hydrogen-bond donors (Lipinski definition) is 1. The predicted octanol–water partition coefficient (Wildman–Crippen LogP) is 2.11. The molecule has 0 heterocycles. The maximum absolute atomic E-state index is 10.8. The molecular formula is C12H23NO2. The van der Waals surface area contributed by atoms with Gasteiger partial charge in [0.25, 0.3) is 0 Å². The fraction of sp³-hybridized carbons (Fsp3) is 0.917. The summed E-state index contributed by atoms with van der Waals surface area (Å²) >= 11 is 0. The molecule has 1 rings (SSSR count). The Labute approximate surface area is 92.6 Å². The van der Waals surface area contributed by atoms with Crippen LogP contribution in [-0.4, -0.2) is 26.2 Å². The molecule has 0 amide bonds. The Bertz CT molecular complexity index is 198. The van der Waals surface area contributed by atoms with E-state index >= 15 is 0 Å². The molecule has 0 saturated heterocycles. The minimum absolute atomic E-state index is 0.108. The molecule has 0 aromatic carbocycles. The number of ether oxygens (including phenoxy) is 1. The van der Waals surface area contributed by atoms with E-state index in [1.54, 1.807) is 0 Å². The molecule has 0 spiro atoms. The van der Waals surface area contributed by atoms with E-state index in [-0.39, 0.29) is 5.97 Å². The van der Waals surface area contributed by atoms with E-state index in [0.29, 0.717) is 11.8 Å². The molecule has 0 atom stereocenters. The van der Waals surface area contributed by atoms with Gasteiger partial charge in [-0.05, 0) is 31.2 Å². The molecule has 1 fully saturated rings. The molecule has 3 nitrogen and oxygen atoms in total.